The summed E-state index contributed by atoms with van der Waals surface area (Å²) in [5, 5.41) is 5.23. The molecule has 1 aromatic carbocycles. The lowest BCUT2D eigenvalue weighted by Crippen LogP contribution is -2.18. The summed E-state index contributed by atoms with van der Waals surface area (Å²) in [6.07, 6.45) is 0.256. The van der Waals surface area contributed by atoms with Gasteiger partial charge < -0.3 is 10.6 Å². The first-order valence-corrected chi connectivity index (χ1v) is 5.71. The van der Waals surface area contributed by atoms with Crippen LogP contribution in [0.1, 0.15) is 6.42 Å². The number of hydrogen-bond acceptors (Lipinski definition) is 2. The van der Waals surface area contributed by atoms with Gasteiger partial charge in [0.15, 0.2) is 0 Å². The number of nitrogens with one attached hydrogen (secondary N) is 2. The van der Waals surface area contributed by atoms with E-state index in [4.69, 9.17) is 0 Å². The Balaban J connectivity index is 2.71. The minimum Gasteiger partial charge on any atom is -0.326 e. The number of carbonyl (C=O) groups is 1. The van der Waals surface area contributed by atoms with Gasteiger partial charge in [-0.3, -0.25) is 4.79 Å². The molecular formula is C10H11F2IN2O. The summed E-state index contributed by atoms with van der Waals surface area (Å²) >= 11 is 1.57. The molecule has 0 fully saturated rings. The van der Waals surface area contributed by atoms with E-state index in [9.17, 15) is 13.6 Å². The summed E-state index contributed by atoms with van der Waals surface area (Å²) in [7, 11) is 1.72. The van der Waals surface area contributed by atoms with E-state index in [1.54, 1.807) is 29.6 Å². The van der Waals surface area contributed by atoms with Gasteiger partial charge in [-0.05, 0) is 41.8 Å². The molecular weight excluding hydrogens is 329 g/mol. The molecule has 0 bridgehead atoms. The smallest absolute Gasteiger partial charge is 0.225 e. The van der Waals surface area contributed by atoms with Crippen molar-refractivity contribution < 1.29 is 13.6 Å². The standard InChI is InChI=1S/C10H11F2IN2O/c1-14-3-2-9(16)15-6-4-7(11)10(13)8(12)5-6/h4-5,14H,2-3H2,1H3,(H,15,16). The third-order valence-electron chi connectivity index (χ3n) is 1.87. The number of carbonyl (C=O) groups excluding carboxylic acids is 1. The van der Waals surface area contributed by atoms with Crippen LogP contribution in [-0.2, 0) is 4.79 Å². The lowest BCUT2D eigenvalue weighted by molar-refractivity contribution is -0.116. The summed E-state index contributed by atoms with van der Waals surface area (Å²) in [6, 6.07) is 2.20. The number of benzene rings is 1. The fraction of sp³-hybridized carbons (Fsp3) is 0.300. The van der Waals surface area contributed by atoms with Gasteiger partial charge in [-0.25, -0.2) is 8.78 Å². The Morgan fingerprint density at radius 2 is 1.94 bits per heavy atom. The molecule has 0 spiro atoms. The van der Waals surface area contributed by atoms with E-state index in [1.807, 2.05) is 0 Å². The maximum absolute atomic E-state index is 13.1. The molecule has 16 heavy (non-hydrogen) atoms. The molecule has 1 amide bonds. The average molecular weight is 340 g/mol. The first kappa shape index (κ1) is 13.3. The summed E-state index contributed by atoms with van der Waals surface area (Å²) in [5.74, 6) is -1.64. The minimum absolute atomic E-state index is 0.0779. The van der Waals surface area contributed by atoms with Crippen molar-refractivity contribution in [1.29, 1.82) is 0 Å². The minimum atomic E-state index is -0.676. The Morgan fingerprint density at radius 1 is 1.38 bits per heavy atom. The second-order valence-corrected chi connectivity index (χ2v) is 4.23. The molecule has 1 aromatic rings. The summed E-state index contributed by atoms with van der Waals surface area (Å²) in [4.78, 5) is 11.3. The quantitative estimate of drug-likeness (QED) is 0.651. The van der Waals surface area contributed by atoms with E-state index in [0.717, 1.165) is 12.1 Å². The molecule has 0 aliphatic rings. The third-order valence-corrected chi connectivity index (χ3v) is 2.90. The molecule has 0 aliphatic heterocycles. The van der Waals surface area contributed by atoms with Crippen molar-refractivity contribution in [3.8, 4) is 0 Å². The van der Waals surface area contributed by atoms with Crippen LogP contribution in [0.5, 0.6) is 0 Å². The molecule has 0 radical (unpaired) electrons. The third kappa shape index (κ3) is 3.67. The molecule has 6 heteroatoms. The van der Waals surface area contributed by atoms with Gasteiger partial charge in [0.05, 0.1) is 3.57 Å². The van der Waals surface area contributed by atoms with Crippen LogP contribution < -0.4 is 10.6 Å². The monoisotopic (exact) mass is 340 g/mol. The van der Waals surface area contributed by atoms with Crippen LogP contribution in [0, 0.1) is 15.2 Å². The molecule has 0 unspecified atom stereocenters. The molecule has 0 atom stereocenters. The molecule has 3 nitrogen and oxygen atoms in total. The van der Waals surface area contributed by atoms with E-state index < -0.39 is 11.6 Å². The Labute approximate surface area is 106 Å². The van der Waals surface area contributed by atoms with Crippen molar-refractivity contribution in [2.24, 2.45) is 0 Å². The summed E-state index contributed by atoms with van der Waals surface area (Å²) in [5.41, 5.74) is 0.136. The Kier molecular flexibility index (Phi) is 5.07. The van der Waals surface area contributed by atoms with Crippen LogP contribution in [0.4, 0.5) is 14.5 Å². The normalized spacial score (nSPS) is 10.2. The zero-order valence-electron chi connectivity index (χ0n) is 8.61. The second-order valence-electron chi connectivity index (χ2n) is 3.16. The second kappa shape index (κ2) is 6.09. The fourth-order valence-corrected chi connectivity index (χ4v) is 1.40. The first-order valence-electron chi connectivity index (χ1n) is 4.63. The largest absolute Gasteiger partial charge is 0.326 e. The van der Waals surface area contributed by atoms with Gasteiger partial charge in [-0.15, -0.1) is 0 Å². The number of amides is 1. The highest BCUT2D eigenvalue weighted by atomic mass is 127. The highest BCUT2D eigenvalue weighted by Gasteiger charge is 2.09. The zero-order valence-corrected chi connectivity index (χ0v) is 10.8. The molecule has 0 saturated carbocycles. The van der Waals surface area contributed by atoms with E-state index in [2.05, 4.69) is 10.6 Å². The molecule has 2 N–H and O–H groups in total. The van der Waals surface area contributed by atoms with Crippen molar-refractivity contribution in [3.05, 3.63) is 27.3 Å². The van der Waals surface area contributed by atoms with Crippen molar-refractivity contribution in [2.45, 2.75) is 6.42 Å². The molecule has 0 aromatic heterocycles. The van der Waals surface area contributed by atoms with Crippen LogP contribution in [0.15, 0.2) is 12.1 Å². The van der Waals surface area contributed by atoms with Gasteiger partial charge in [-0.2, -0.15) is 0 Å². The van der Waals surface area contributed by atoms with E-state index in [0.29, 0.717) is 6.54 Å². The Hall–Kier alpha value is -0.760. The molecule has 88 valence electrons. The molecule has 0 saturated heterocycles. The Morgan fingerprint density at radius 3 is 2.44 bits per heavy atom. The van der Waals surface area contributed by atoms with E-state index in [1.165, 1.54) is 0 Å². The Bertz CT molecular complexity index is 375. The zero-order chi connectivity index (χ0) is 12.1. The predicted molar refractivity (Wildman–Crippen MR) is 66.2 cm³/mol. The molecule has 1 rings (SSSR count). The van der Waals surface area contributed by atoms with Gasteiger partial charge >= 0.3 is 0 Å². The number of hydrogen-bond donors (Lipinski definition) is 2. The van der Waals surface area contributed by atoms with E-state index in [-0.39, 0.29) is 21.6 Å². The van der Waals surface area contributed by atoms with Crippen molar-refractivity contribution >= 4 is 34.2 Å². The highest BCUT2D eigenvalue weighted by Crippen LogP contribution is 2.20. The highest BCUT2D eigenvalue weighted by molar-refractivity contribution is 14.1. The van der Waals surface area contributed by atoms with Gasteiger partial charge in [0, 0.05) is 18.7 Å². The maximum Gasteiger partial charge on any atom is 0.225 e. The topological polar surface area (TPSA) is 41.1 Å². The maximum atomic E-state index is 13.1. The SMILES string of the molecule is CNCCC(=O)Nc1cc(F)c(I)c(F)c1. The predicted octanol–water partition coefficient (Wildman–Crippen LogP) is 2.12. The summed E-state index contributed by atoms with van der Waals surface area (Å²) in [6.45, 7) is 0.515. The van der Waals surface area contributed by atoms with Gasteiger partial charge in [-0.1, -0.05) is 0 Å². The molecule has 0 heterocycles. The lowest BCUT2D eigenvalue weighted by Gasteiger charge is -2.06. The number of halogens is 3. The average Bonchev–Trinajstić information content (AvgIpc) is 2.23. The van der Waals surface area contributed by atoms with Gasteiger partial charge in [0.25, 0.3) is 0 Å². The van der Waals surface area contributed by atoms with Crippen LogP contribution >= 0.6 is 22.6 Å². The van der Waals surface area contributed by atoms with Crippen LogP contribution in [0.3, 0.4) is 0 Å². The lowest BCUT2D eigenvalue weighted by atomic mass is 10.3. The van der Waals surface area contributed by atoms with Crippen LogP contribution in [-0.4, -0.2) is 19.5 Å². The van der Waals surface area contributed by atoms with Crippen molar-refractivity contribution in [2.75, 3.05) is 18.9 Å². The van der Waals surface area contributed by atoms with Crippen molar-refractivity contribution in [3.63, 3.8) is 0 Å². The van der Waals surface area contributed by atoms with Crippen molar-refractivity contribution in [1.82, 2.24) is 5.32 Å². The van der Waals surface area contributed by atoms with Crippen LogP contribution in [0.2, 0.25) is 0 Å². The van der Waals surface area contributed by atoms with Gasteiger partial charge in [0.2, 0.25) is 5.91 Å². The molecule has 0 aliphatic carbocycles. The van der Waals surface area contributed by atoms with Gasteiger partial charge in [0.1, 0.15) is 11.6 Å². The number of rotatable bonds is 4. The fourth-order valence-electron chi connectivity index (χ4n) is 1.09. The first-order chi connectivity index (χ1) is 7.54. The van der Waals surface area contributed by atoms with E-state index >= 15 is 0 Å². The number of anilines is 1. The summed E-state index contributed by atoms with van der Waals surface area (Å²) < 4.78 is 26.2. The van der Waals surface area contributed by atoms with Crippen LogP contribution in [0.25, 0.3) is 0 Å².